The van der Waals surface area contributed by atoms with Gasteiger partial charge < -0.3 is 14.8 Å². The summed E-state index contributed by atoms with van der Waals surface area (Å²) in [4.78, 5) is 24.5. The summed E-state index contributed by atoms with van der Waals surface area (Å²) in [6, 6.07) is 10.8. The van der Waals surface area contributed by atoms with Crippen LogP contribution in [0.2, 0.25) is 0 Å². The van der Waals surface area contributed by atoms with Crippen LogP contribution < -0.4 is 10.1 Å². The summed E-state index contributed by atoms with van der Waals surface area (Å²) in [5.74, 6) is 0.531. The van der Waals surface area contributed by atoms with Gasteiger partial charge in [-0.15, -0.1) is 11.3 Å². The summed E-state index contributed by atoms with van der Waals surface area (Å²) in [7, 11) is 1.32. The topological polar surface area (TPSA) is 64.6 Å². The Balaban J connectivity index is 1.99. The van der Waals surface area contributed by atoms with E-state index in [1.54, 1.807) is 12.1 Å². The van der Waals surface area contributed by atoms with Gasteiger partial charge in [-0.1, -0.05) is 32.0 Å². The summed E-state index contributed by atoms with van der Waals surface area (Å²) in [6.45, 7) is 5.15. The van der Waals surface area contributed by atoms with E-state index in [2.05, 4.69) is 23.9 Å². The highest BCUT2D eigenvalue weighted by Gasteiger charge is 2.14. The molecule has 0 atom stereocenters. The van der Waals surface area contributed by atoms with Crippen molar-refractivity contribution in [2.45, 2.75) is 20.4 Å². The molecule has 24 heavy (non-hydrogen) atoms. The van der Waals surface area contributed by atoms with E-state index in [4.69, 9.17) is 4.74 Å². The Hall–Kier alpha value is -2.34. The second kappa shape index (κ2) is 8.49. The molecule has 2 aromatic rings. The lowest BCUT2D eigenvalue weighted by Gasteiger charge is -2.13. The number of thiophene rings is 1. The molecule has 1 aromatic carbocycles. The fourth-order valence-electron chi connectivity index (χ4n) is 1.98. The highest BCUT2D eigenvalue weighted by molar-refractivity contribution is 7.15. The maximum atomic E-state index is 12.2. The smallest absolute Gasteiger partial charge is 0.348 e. The van der Waals surface area contributed by atoms with E-state index < -0.39 is 5.97 Å². The highest BCUT2D eigenvalue weighted by atomic mass is 32.1. The van der Waals surface area contributed by atoms with Gasteiger partial charge in [0.1, 0.15) is 10.6 Å². The quantitative estimate of drug-likeness (QED) is 0.779. The molecule has 1 N–H and O–H groups in total. The number of esters is 1. The lowest BCUT2D eigenvalue weighted by molar-refractivity contribution is 0.0606. The molecule has 0 bridgehead atoms. The number of amides is 1. The average molecular weight is 347 g/mol. The van der Waals surface area contributed by atoms with Gasteiger partial charge in [-0.25, -0.2) is 4.79 Å². The van der Waals surface area contributed by atoms with Crippen molar-refractivity contribution in [1.82, 2.24) is 5.32 Å². The van der Waals surface area contributed by atoms with E-state index in [0.29, 0.717) is 28.8 Å². The minimum Gasteiger partial charge on any atom is -0.493 e. The first-order valence-corrected chi connectivity index (χ1v) is 8.50. The molecule has 6 heteroatoms. The Labute approximate surface area is 145 Å². The molecule has 0 radical (unpaired) electrons. The fourth-order valence-corrected chi connectivity index (χ4v) is 2.82. The Morgan fingerprint density at radius 3 is 2.54 bits per heavy atom. The molecule has 2 rings (SSSR count). The van der Waals surface area contributed by atoms with E-state index in [1.807, 2.05) is 24.3 Å². The number of hydrogen-bond acceptors (Lipinski definition) is 5. The summed E-state index contributed by atoms with van der Waals surface area (Å²) >= 11 is 1.11. The molecule has 0 unspecified atom stereocenters. The second-order valence-corrected chi connectivity index (χ2v) is 6.73. The standard InChI is InChI=1S/C18H21NO4S/c1-12(2)11-23-14-7-5-4-6-13(14)10-19-17(20)15-8-9-16(24-15)18(21)22-3/h4-9,12H,10-11H2,1-3H3,(H,19,20). The number of rotatable bonds is 7. The van der Waals surface area contributed by atoms with Crippen LogP contribution in [-0.2, 0) is 11.3 Å². The van der Waals surface area contributed by atoms with Crippen LogP contribution in [0.15, 0.2) is 36.4 Å². The number of carbonyl (C=O) groups is 2. The van der Waals surface area contributed by atoms with Crippen molar-refractivity contribution in [2.24, 2.45) is 5.92 Å². The normalized spacial score (nSPS) is 10.5. The zero-order valence-electron chi connectivity index (χ0n) is 14.0. The minimum absolute atomic E-state index is 0.228. The molecule has 0 spiro atoms. The predicted octanol–water partition coefficient (Wildman–Crippen LogP) is 3.50. The van der Waals surface area contributed by atoms with Gasteiger partial charge in [-0.2, -0.15) is 0 Å². The summed E-state index contributed by atoms with van der Waals surface area (Å²) < 4.78 is 10.4. The van der Waals surface area contributed by atoms with E-state index >= 15 is 0 Å². The van der Waals surface area contributed by atoms with Crippen LogP contribution in [0, 0.1) is 5.92 Å². The van der Waals surface area contributed by atoms with Gasteiger partial charge in [0.25, 0.3) is 5.91 Å². The van der Waals surface area contributed by atoms with Crippen molar-refractivity contribution in [3.63, 3.8) is 0 Å². The predicted molar refractivity (Wildman–Crippen MR) is 93.6 cm³/mol. The van der Waals surface area contributed by atoms with Gasteiger partial charge >= 0.3 is 5.97 Å². The Bertz CT molecular complexity index is 709. The molecule has 1 amide bonds. The maximum absolute atomic E-state index is 12.2. The van der Waals surface area contributed by atoms with Crippen LogP contribution in [0.25, 0.3) is 0 Å². The Morgan fingerprint density at radius 2 is 1.83 bits per heavy atom. The molecule has 0 aliphatic carbocycles. The molecule has 0 saturated carbocycles. The zero-order valence-corrected chi connectivity index (χ0v) is 14.8. The molecular weight excluding hydrogens is 326 g/mol. The number of hydrogen-bond donors (Lipinski definition) is 1. The van der Waals surface area contributed by atoms with Crippen molar-refractivity contribution >= 4 is 23.2 Å². The van der Waals surface area contributed by atoms with Crippen molar-refractivity contribution in [3.05, 3.63) is 51.7 Å². The first-order chi connectivity index (χ1) is 11.5. The average Bonchev–Trinajstić information content (AvgIpc) is 3.08. The third kappa shape index (κ3) is 4.83. The van der Waals surface area contributed by atoms with E-state index in [-0.39, 0.29) is 5.91 Å². The zero-order chi connectivity index (χ0) is 17.5. The Morgan fingerprint density at radius 1 is 1.12 bits per heavy atom. The van der Waals surface area contributed by atoms with E-state index in [1.165, 1.54) is 7.11 Å². The van der Waals surface area contributed by atoms with Gasteiger partial charge in [0.2, 0.25) is 0 Å². The van der Waals surface area contributed by atoms with Gasteiger partial charge in [-0.3, -0.25) is 4.79 Å². The molecule has 1 heterocycles. The number of carbonyl (C=O) groups excluding carboxylic acids is 2. The van der Waals surface area contributed by atoms with Crippen molar-refractivity contribution < 1.29 is 19.1 Å². The molecular formula is C18H21NO4S. The van der Waals surface area contributed by atoms with Crippen molar-refractivity contribution in [2.75, 3.05) is 13.7 Å². The molecule has 1 aromatic heterocycles. The van der Waals surface area contributed by atoms with Crippen LogP contribution in [0.4, 0.5) is 0 Å². The summed E-state index contributed by atoms with van der Waals surface area (Å²) in [5.41, 5.74) is 0.913. The largest absolute Gasteiger partial charge is 0.493 e. The summed E-state index contributed by atoms with van der Waals surface area (Å²) in [6.07, 6.45) is 0. The van der Waals surface area contributed by atoms with Crippen LogP contribution in [0.3, 0.4) is 0 Å². The third-order valence-electron chi connectivity index (χ3n) is 3.20. The van der Waals surface area contributed by atoms with Crippen molar-refractivity contribution in [3.8, 4) is 5.75 Å². The monoisotopic (exact) mass is 347 g/mol. The first-order valence-electron chi connectivity index (χ1n) is 7.68. The van der Waals surface area contributed by atoms with Crippen LogP contribution in [-0.4, -0.2) is 25.6 Å². The lowest BCUT2D eigenvalue weighted by atomic mass is 10.2. The van der Waals surface area contributed by atoms with Crippen LogP contribution in [0.1, 0.15) is 38.8 Å². The number of para-hydroxylation sites is 1. The van der Waals surface area contributed by atoms with Crippen LogP contribution >= 0.6 is 11.3 Å². The Kier molecular flexibility index (Phi) is 6.37. The van der Waals surface area contributed by atoms with Gasteiger partial charge in [0.15, 0.2) is 0 Å². The number of benzene rings is 1. The van der Waals surface area contributed by atoms with Crippen molar-refractivity contribution in [1.29, 1.82) is 0 Å². The number of methoxy groups -OCH3 is 1. The number of ether oxygens (including phenoxy) is 2. The third-order valence-corrected chi connectivity index (χ3v) is 4.26. The minimum atomic E-state index is -0.438. The molecule has 128 valence electrons. The highest BCUT2D eigenvalue weighted by Crippen LogP contribution is 2.20. The molecule has 0 saturated heterocycles. The SMILES string of the molecule is COC(=O)c1ccc(C(=O)NCc2ccccc2OCC(C)C)s1. The summed E-state index contributed by atoms with van der Waals surface area (Å²) in [5, 5.41) is 2.85. The van der Waals surface area contributed by atoms with Crippen LogP contribution in [0.5, 0.6) is 5.75 Å². The van der Waals surface area contributed by atoms with Gasteiger partial charge in [-0.05, 0) is 24.1 Å². The maximum Gasteiger partial charge on any atom is 0.348 e. The molecule has 0 fully saturated rings. The van der Waals surface area contributed by atoms with E-state index in [0.717, 1.165) is 22.6 Å². The van der Waals surface area contributed by atoms with Gasteiger partial charge in [0, 0.05) is 12.1 Å². The lowest BCUT2D eigenvalue weighted by Crippen LogP contribution is -2.22. The molecule has 0 aliphatic rings. The second-order valence-electron chi connectivity index (χ2n) is 5.65. The molecule has 0 aliphatic heterocycles. The van der Waals surface area contributed by atoms with E-state index in [9.17, 15) is 9.59 Å². The molecule has 5 nitrogen and oxygen atoms in total. The van der Waals surface area contributed by atoms with Gasteiger partial charge in [0.05, 0.1) is 18.6 Å². The number of nitrogens with one attached hydrogen (secondary N) is 1. The fraction of sp³-hybridized carbons (Fsp3) is 0.333. The first kappa shape index (κ1) is 18.0.